The smallest absolute Gasteiger partial charge is 0.310 e. The first-order valence-electron chi connectivity index (χ1n) is 2.19. The van der Waals surface area contributed by atoms with Crippen LogP contribution in [0.3, 0.4) is 0 Å². The number of hydrogen-bond donors (Lipinski definition) is 2. The maximum Gasteiger partial charge on any atom is 0.310 e. The predicted molar refractivity (Wildman–Crippen MR) is 32.6 cm³/mol. The summed E-state index contributed by atoms with van der Waals surface area (Å²) in [6.45, 7) is 1.33. The molecule has 0 aromatic carbocycles. The Bertz CT molecular complexity index is 182. The molecule has 0 fully saturated rings. The van der Waals surface area contributed by atoms with Crippen molar-refractivity contribution in [1.82, 2.24) is 0 Å². The zero-order chi connectivity index (χ0) is 7.71. The van der Waals surface area contributed by atoms with Crippen LogP contribution < -0.4 is 0 Å². The van der Waals surface area contributed by atoms with Crippen LogP contribution in [-0.2, 0) is 10.1 Å². The topological polar surface area (TPSA) is 74.6 Å². The van der Waals surface area contributed by atoms with E-state index >= 15 is 0 Å². The molecule has 1 unspecified atom stereocenters. The van der Waals surface area contributed by atoms with Gasteiger partial charge in [-0.05, 0) is 0 Å². The van der Waals surface area contributed by atoms with Crippen molar-refractivity contribution in [3.63, 3.8) is 0 Å². The summed E-state index contributed by atoms with van der Waals surface area (Å²) in [7, 11) is -4.53. The highest BCUT2D eigenvalue weighted by molar-refractivity contribution is 7.88. The van der Waals surface area contributed by atoms with Crippen molar-refractivity contribution in [2.24, 2.45) is 0 Å². The first-order chi connectivity index (χ1) is 3.81. The van der Waals surface area contributed by atoms with Gasteiger partial charge in [0.05, 0.1) is 0 Å². The molecule has 1 atom stereocenters. The van der Waals surface area contributed by atoms with Crippen LogP contribution in [0.2, 0.25) is 0 Å². The highest BCUT2D eigenvalue weighted by Crippen LogP contribution is 2.21. The molecule has 0 radical (unpaired) electrons. The Morgan fingerprint density at radius 2 is 2.00 bits per heavy atom. The summed E-state index contributed by atoms with van der Waals surface area (Å²) in [4.78, 5) is 0. The van der Waals surface area contributed by atoms with Gasteiger partial charge in [-0.2, -0.15) is 8.42 Å². The van der Waals surface area contributed by atoms with E-state index in [1.165, 1.54) is 6.92 Å². The highest BCUT2D eigenvalue weighted by atomic mass is 35.5. The third kappa shape index (κ3) is 2.09. The Kier molecular flexibility index (Phi) is 2.46. The molecule has 0 spiro atoms. The fourth-order valence-electron chi connectivity index (χ4n) is 0.182. The van der Waals surface area contributed by atoms with Crippen molar-refractivity contribution in [2.75, 3.05) is 0 Å². The second kappa shape index (κ2) is 2.42. The van der Waals surface area contributed by atoms with Crippen molar-refractivity contribution in [3.05, 3.63) is 0 Å². The van der Waals surface area contributed by atoms with Crippen molar-refractivity contribution >= 4 is 21.7 Å². The van der Waals surface area contributed by atoms with Gasteiger partial charge in [0.15, 0.2) is 0 Å². The third-order valence-electron chi connectivity index (χ3n) is 0.831. The minimum Gasteiger partial charge on any atom is -0.361 e. The number of halogens is 1. The molecule has 0 aliphatic heterocycles. The summed E-state index contributed by atoms with van der Waals surface area (Å²) in [5, 5.41) is 8.59. The minimum absolute atomic E-state index is 0.257. The minimum atomic E-state index is -4.53. The lowest BCUT2D eigenvalue weighted by molar-refractivity contribution is 0.190. The summed E-state index contributed by atoms with van der Waals surface area (Å²) in [5.74, 6) is 0. The summed E-state index contributed by atoms with van der Waals surface area (Å²) in [5.41, 5.74) is 0. The lowest BCUT2D eigenvalue weighted by atomic mass is 10.5. The van der Waals surface area contributed by atoms with Gasteiger partial charge in [0, 0.05) is 6.42 Å². The largest absolute Gasteiger partial charge is 0.361 e. The van der Waals surface area contributed by atoms with Crippen LogP contribution in [-0.4, -0.2) is 22.5 Å². The summed E-state index contributed by atoms with van der Waals surface area (Å²) >= 11 is 4.91. The van der Waals surface area contributed by atoms with Gasteiger partial charge >= 0.3 is 10.1 Å². The fraction of sp³-hybridized carbons (Fsp3) is 1.00. The molecule has 0 saturated carbocycles. The average molecular weight is 175 g/mol. The molecule has 0 aliphatic carbocycles. The molecular weight excluding hydrogens is 168 g/mol. The highest BCUT2D eigenvalue weighted by Gasteiger charge is 2.36. The second-order valence-electron chi connectivity index (χ2n) is 1.52. The molecule has 0 amide bonds. The molecule has 0 heterocycles. The number of rotatable bonds is 2. The molecule has 0 aliphatic rings. The molecule has 9 heavy (non-hydrogen) atoms. The molecular formula is C3H7ClO4S. The number of aliphatic hydroxyl groups is 1. The maximum absolute atomic E-state index is 10.1. The number of alkyl halides is 1. The standard InChI is InChI=1S/C3H7ClO4S/c1-2-3(4,5)9(6,7)8/h5H,2H2,1H3,(H,6,7,8). The van der Waals surface area contributed by atoms with Crippen LogP contribution in [0.1, 0.15) is 13.3 Å². The Labute approximate surface area is 58.2 Å². The van der Waals surface area contributed by atoms with Crippen molar-refractivity contribution in [3.8, 4) is 0 Å². The summed E-state index contributed by atoms with van der Waals surface area (Å²) < 4.78 is 25.7. The van der Waals surface area contributed by atoms with Crippen LogP contribution in [0, 0.1) is 0 Å². The van der Waals surface area contributed by atoms with Crippen LogP contribution >= 0.6 is 11.6 Å². The molecule has 56 valence electrons. The van der Waals surface area contributed by atoms with Gasteiger partial charge in [0.1, 0.15) is 0 Å². The Hall–Kier alpha value is 0.160. The quantitative estimate of drug-likeness (QED) is 0.462. The van der Waals surface area contributed by atoms with E-state index < -0.39 is 14.5 Å². The lowest BCUT2D eigenvalue weighted by Crippen LogP contribution is -2.30. The van der Waals surface area contributed by atoms with E-state index in [2.05, 4.69) is 0 Å². The molecule has 2 N–H and O–H groups in total. The normalized spacial score (nSPS) is 19.1. The first kappa shape index (κ1) is 9.16. The lowest BCUT2D eigenvalue weighted by Gasteiger charge is -2.12. The maximum atomic E-state index is 10.1. The molecule has 0 saturated heterocycles. The third-order valence-corrected chi connectivity index (χ3v) is 2.76. The van der Waals surface area contributed by atoms with Crippen molar-refractivity contribution in [1.29, 1.82) is 0 Å². The predicted octanol–water partition coefficient (Wildman–Crippen LogP) is 0.169. The van der Waals surface area contributed by atoms with E-state index in [0.717, 1.165) is 0 Å². The molecule has 0 bridgehead atoms. The van der Waals surface area contributed by atoms with E-state index in [0.29, 0.717) is 0 Å². The summed E-state index contributed by atoms with van der Waals surface area (Å²) in [6.07, 6.45) is -0.257. The van der Waals surface area contributed by atoms with E-state index in [-0.39, 0.29) is 6.42 Å². The van der Waals surface area contributed by atoms with Crippen LogP contribution in [0.5, 0.6) is 0 Å². The second-order valence-corrected chi connectivity index (χ2v) is 3.99. The first-order valence-corrected chi connectivity index (χ1v) is 4.01. The van der Waals surface area contributed by atoms with E-state index in [1.807, 2.05) is 0 Å². The summed E-state index contributed by atoms with van der Waals surface area (Å²) in [6, 6.07) is 0. The van der Waals surface area contributed by atoms with Gasteiger partial charge in [-0.3, -0.25) is 4.55 Å². The van der Waals surface area contributed by atoms with Crippen LogP contribution in [0.25, 0.3) is 0 Å². The van der Waals surface area contributed by atoms with Gasteiger partial charge in [0.2, 0.25) is 0 Å². The van der Waals surface area contributed by atoms with E-state index in [9.17, 15) is 8.42 Å². The van der Waals surface area contributed by atoms with Gasteiger partial charge < -0.3 is 5.11 Å². The molecule has 6 heteroatoms. The molecule has 0 rings (SSSR count). The van der Waals surface area contributed by atoms with Crippen molar-refractivity contribution < 1.29 is 18.1 Å². The Balaban J connectivity index is 4.56. The number of hydrogen-bond acceptors (Lipinski definition) is 3. The Morgan fingerprint density at radius 1 is 1.67 bits per heavy atom. The van der Waals surface area contributed by atoms with Gasteiger partial charge in [0.25, 0.3) is 4.39 Å². The van der Waals surface area contributed by atoms with Gasteiger partial charge in [-0.1, -0.05) is 18.5 Å². The monoisotopic (exact) mass is 174 g/mol. The van der Waals surface area contributed by atoms with E-state index in [4.69, 9.17) is 21.3 Å². The Morgan fingerprint density at radius 3 is 2.00 bits per heavy atom. The van der Waals surface area contributed by atoms with Crippen LogP contribution in [0.4, 0.5) is 0 Å². The van der Waals surface area contributed by atoms with Gasteiger partial charge in [-0.15, -0.1) is 0 Å². The van der Waals surface area contributed by atoms with Crippen LogP contribution in [0.15, 0.2) is 0 Å². The molecule has 4 nitrogen and oxygen atoms in total. The fourth-order valence-corrected chi connectivity index (χ4v) is 0.547. The SMILES string of the molecule is CCC(O)(Cl)S(=O)(=O)O. The zero-order valence-electron chi connectivity index (χ0n) is 4.70. The van der Waals surface area contributed by atoms with E-state index in [1.54, 1.807) is 0 Å². The average Bonchev–Trinajstić information content (AvgIpc) is 1.64. The zero-order valence-corrected chi connectivity index (χ0v) is 6.28. The molecule has 0 aromatic heterocycles. The van der Waals surface area contributed by atoms with Crippen molar-refractivity contribution in [2.45, 2.75) is 17.7 Å². The molecule has 0 aromatic rings. The van der Waals surface area contributed by atoms with Gasteiger partial charge in [-0.25, -0.2) is 0 Å².